The van der Waals surface area contributed by atoms with Crippen molar-refractivity contribution in [3.8, 4) is 16.9 Å². The number of hydrogen-bond donors (Lipinski definition) is 0. The maximum absolute atomic E-state index is 13.4. The summed E-state index contributed by atoms with van der Waals surface area (Å²) >= 11 is 6.14. The highest BCUT2D eigenvalue weighted by atomic mass is 35.5. The molecule has 1 aliphatic carbocycles. The van der Waals surface area contributed by atoms with Crippen LogP contribution in [-0.2, 0) is 32.0 Å². The molecule has 5 rings (SSSR count). The smallest absolute Gasteiger partial charge is 0.411 e. The second-order valence-corrected chi connectivity index (χ2v) is 11.3. The SMILES string of the molecule is CCOC1CC(C(=O)OC2CCc3cc4c(cc3C2=O)OCc2cc(Cl)ccc2-4)N(C(=O)OC(C)(C)C)C1. The molecule has 38 heavy (non-hydrogen) atoms. The Morgan fingerprint density at radius 2 is 1.89 bits per heavy atom. The van der Waals surface area contributed by atoms with E-state index in [1.54, 1.807) is 26.8 Å². The second kappa shape index (κ2) is 10.2. The van der Waals surface area contributed by atoms with Crippen molar-refractivity contribution < 1.29 is 33.3 Å². The molecule has 1 saturated heterocycles. The Balaban J connectivity index is 1.34. The Bertz CT molecular complexity index is 1280. The molecule has 2 heterocycles. The highest BCUT2D eigenvalue weighted by Crippen LogP contribution is 2.42. The minimum absolute atomic E-state index is 0.222. The quantitative estimate of drug-likeness (QED) is 0.481. The van der Waals surface area contributed by atoms with Crippen molar-refractivity contribution in [1.82, 2.24) is 4.90 Å². The van der Waals surface area contributed by atoms with E-state index in [0.29, 0.717) is 42.4 Å². The van der Waals surface area contributed by atoms with Crippen LogP contribution in [0.5, 0.6) is 5.75 Å². The fourth-order valence-electron chi connectivity index (χ4n) is 5.31. The zero-order valence-corrected chi connectivity index (χ0v) is 22.8. The minimum atomic E-state index is -0.936. The molecule has 1 amide bonds. The van der Waals surface area contributed by atoms with Crippen LogP contribution in [0.1, 0.15) is 62.0 Å². The summed E-state index contributed by atoms with van der Waals surface area (Å²) in [6.07, 6.45) is -0.638. The molecule has 3 aliphatic rings. The van der Waals surface area contributed by atoms with E-state index in [2.05, 4.69) is 0 Å². The molecule has 202 valence electrons. The number of aryl methyl sites for hydroxylation is 1. The molecule has 1 fully saturated rings. The Hall–Kier alpha value is -3.10. The normalized spacial score (nSPS) is 22.2. The third-order valence-corrected chi connectivity index (χ3v) is 7.24. The van der Waals surface area contributed by atoms with Gasteiger partial charge in [0, 0.05) is 29.2 Å². The summed E-state index contributed by atoms with van der Waals surface area (Å²) in [5.41, 5.74) is 3.62. The minimum Gasteiger partial charge on any atom is -0.488 e. The summed E-state index contributed by atoms with van der Waals surface area (Å²) in [5, 5.41) is 0.647. The predicted molar refractivity (Wildman–Crippen MR) is 141 cm³/mol. The highest BCUT2D eigenvalue weighted by molar-refractivity contribution is 6.30. The van der Waals surface area contributed by atoms with Crippen molar-refractivity contribution in [2.24, 2.45) is 0 Å². The molecular weight excluding hydrogens is 510 g/mol. The summed E-state index contributed by atoms with van der Waals surface area (Å²) in [7, 11) is 0. The van der Waals surface area contributed by atoms with Crippen LogP contribution < -0.4 is 4.74 Å². The summed E-state index contributed by atoms with van der Waals surface area (Å²) in [4.78, 5) is 40.9. The number of rotatable bonds is 4. The van der Waals surface area contributed by atoms with Gasteiger partial charge in [-0.05, 0) is 81.5 Å². The number of halogens is 1. The number of carbonyl (C=O) groups is 3. The van der Waals surface area contributed by atoms with Gasteiger partial charge in [-0.3, -0.25) is 9.69 Å². The van der Waals surface area contributed by atoms with Crippen LogP contribution in [0.25, 0.3) is 11.1 Å². The van der Waals surface area contributed by atoms with Crippen LogP contribution in [0.4, 0.5) is 4.79 Å². The third-order valence-electron chi connectivity index (χ3n) is 7.00. The maximum atomic E-state index is 13.4. The number of carbonyl (C=O) groups excluding carboxylic acids is 3. The molecule has 2 aromatic rings. The number of ketones is 1. The number of benzene rings is 2. The predicted octanol–water partition coefficient (Wildman–Crippen LogP) is 5.35. The number of likely N-dealkylation sites (tertiary alicyclic amines) is 1. The number of hydrogen-bond acceptors (Lipinski definition) is 7. The van der Waals surface area contributed by atoms with Gasteiger partial charge < -0.3 is 18.9 Å². The second-order valence-electron chi connectivity index (χ2n) is 10.9. The molecule has 0 spiro atoms. The van der Waals surface area contributed by atoms with Crippen LogP contribution in [0.2, 0.25) is 5.02 Å². The molecule has 0 saturated carbocycles. The largest absolute Gasteiger partial charge is 0.488 e. The van der Waals surface area contributed by atoms with Crippen molar-refractivity contribution in [1.29, 1.82) is 0 Å². The fourth-order valence-corrected chi connectivity index (χ4v) is 5.51. The highest BCUT2D eigenvalue weighted by Gasteiger charge is 2.44. The maximum Gasteiger partial charge on any atom is 0.411 e. The van der Waals surface area contributed by atoms with Crippen LogP contribution in [-0.4, -0.2) is 59.7 Å². The van der Waals surface area contributed by atoms with Crippen molar-refractivity contribution >= 4 is 29.4 Å². The van der Waals surface area contributed by atoms with Gasteiger partial charge in [-0.1, -0.05) is 17.7 Å². The van der Waals surface area contributed by atoms with Gasteiger partial charge in [0.1, 0.15) is 24.0 Å². The van der Waals surface area contributed by atoms with Gasteiger partial charge >= 0.3 is 12.1 Å². The zero-order valence-electron chi connectivity index (χ0n) is 22.0. The van der Waals surface area contributed by atoms with E-state index in [0.717, 1.165) is 22.3 Å². The fraction of sp³-hybridized carbons (Fsp3) is 0.483. The first-order chi connectivity index (χ1) is 18.0. The lowest BCUT2D eigenvalue weighted by Crippen LogP contribution is -2.46. The lowest BCUT2D eigenvalue weighted by Gasteiger charge is -2.30. The zero-order chi connectivity index (χ0) is 27.2. The van der Waals surface area contributed by atoms with E-state index in [9.17, 15) is 14.4 Å². The Kier molecular flexibility index (Phi) is 7.13. The lowest BCUT2D eigenvalue weighted by molar-refractivity contribution is -0.152. The first kappa shape index (κ1) is 26.5. The number of amides is 1. The number of ether oxygens (including phenoxy) is 4. The van der Waals surface area contributed by atoms with Gasteiger partial charge in [-0.25, -0.2) is 9.59 Å². The molecule has 2 aromatic carbocycles. The van der Waals surface area contributed by atoms with Crippen LogP contribution in [0.15, 0.2) is 30.3 Å². The number of Topliss-reactive ketones (excluding diaryl/α,β-unsaturated/α-hetero) is 1. The van der Waals surface area contributed by atoms with E-state index < -0.39 is 29.8 Å². The molecule has 0 radical (unpaired) electrons. The van der Waals surface area contributed by atoms with Crippen molar-refractivity contribution in [3.05, 3.63) is 52.0 Å². The summed E-state index contributed by atoms with van der Waals surface area (Å²) in [6, 6.07) is 8.55. The monoisotopic (exact) mass is 541 g/mol. The Morgan fingerprint density at radius 1 is 1.11 bits per heavy atom. The van der Waals surface area contributed by atoms with Gasteiger partial charge in [0.25, 0.3) is 0 Å². The van der Waals surface area contributed by atoms with Gasteiger partial charge in [-0.2, -0.15) is 0 Å². The van der Waals surface area contributed by atoms with Gasteiger partial charge in [0.15, 0.2) is 6.10 Å². The summed E-state index contributed by atoms with van der Waals surface area (Å²) in [5.74, 6) is -0.277. The van der Waals surface area contributed by atoms with E-state index in [4.69, 9.17) is 30.5 Å². The van der Waals surface area contributed by atoms with Gasteiger partial charge in [-0.15, -0.1) is 0 Å². The van der Waals surface area contributed by atoms with E-state index in [-0.39, 0.29) is 24.9 Å². The molecule has 3 unspecified atom stereocenters. The van der Waals surface area contributed by atoms with Crippen molar-refractivity contribution in [2.75, 3.05) is 13.2 Å². The lowest BCUT2D eigenvalue weighted by atomic mass is 9.85. The van der Waals surface area contributed by atoms with Crippen molar-refractivity contribution in [3.63, 3.8) is 0 Å². The average molecular weight is 542 g/mol. The van der Waals surface area contributed by atoms with E-state index in [1.807, 2.05) is 31.2 Å². The summed E-state index contributed by atoms with van der Waals surface area (Å²) < 4.78 is 22.9. The molecule has 0 N–H and O–H groups in total. The number of esters is 1. The standard InChI is InChI=1S/C29H32ClNO7/c1-5-35-19-12-23(31(14-19)28(34)38-29(2,3)4)27(33)37-24-9-6-16-11-22-20-8-7-18(30)10-17(20)15-36-25(22)13-21(16)26(24)32/h7-8,10-11,13,19,23-24H,5-6,9,12,14-15H2,1-4H3. The molecule has 3 atom stereocenters. The number of fused-ring (bicyclic) bond motifs is 4. The van der Waals surface area contributed by atoms with Crippen LogP contribution in [0.3, 0.4) is 0 Å². The third kappa shape index (κ3) is 5.24. The number of nitrogens with zero attached hydrogens (tertiary/aromatic N) is 1. The first-order valence-corrected chi connectivity index (χ1v) is 13.4. The van der Waals surface area contributed by atoms with Crippen LogP contribution >= 0.6 is 11.6 Å². The molecule has 8 nitrogen and oxygen atoms in total. The van der Waals surface area contributed by atoms with Gasteiger partial charge in [0.2, 0.25) is 5.78 Å². The van der Waals surface area contributed by atoms with Gasteiger partial charge in [0.05, 0.1) is 12.6 Å². The molecule has 9 heteroatoms. The molecule has 0 aromatic heterocycles. The summed E-state index contributed by atoms with van der Waals surface area (Å²) in [6.45, 7) is 8.19. The molecular formula is C29H32ClNO7. The molecule has 2 aliphatic heterocycles. The Morgan fingerprint density at radius 3 is 2.63 bits per heavy atom. The molecule has 0 bridgehead atoms. The topological polar surface area (TPSA) is 91.4 Å². The van der Waals surface area contributed by atoms with Crippen LogP contribution in [0, 0.1) is 0 Å². The van der Waals surface area contributed by atoms with E-state index >= 15 is 0 Å². The van der Waals surface area contributed by atoms with E-state index in [1.165, 1.54) is 4.90 Å². The average Bonchev–Trinajstić information content (AvgIpc) is 3.28. The Labute approximate surface area is 227 Å². The van der Waals surface area contributed by atoms with Crippen molar-refractivity contribution in [2.45, 2.75) is 77.4 Å². The first-order valence-electron chi connectivity index (χ1n) is 13.0.